The standard InChI is InChI=1S/C22H14ClN3O5/c23-18-7-3-4-8-19(18)24(20(27)14-9-11-15(12-10-14)26(30)31)13-25-21(28)16-5-1-2-6-17(16)22(25)29/h1-12H,13H2. The third kappa shape index (κ3) is 3.64. The van der Waals surface area contributed by atoms with Crippen LogP contribution in [-0.4, -0.2) is 34.2 Å². The Morgan fingerprint density at radius 3 is 2.00 bits per heavy atom. The Bertz CT molecular complexity index is 1190. The van der Waals surface area contributed by atoms with Crippen molar-refractivity contribution < 1.29 is 19.3 Å². The lowest BCUT2D eigenvalue weighted by Gasteiger charge is -2.28. The molecule has 1 heterocycles. The van der Waals surface area contributed by atoms with Gasteiger partial charge >= 0.3 is 0 Å². The quantitative estimate of drug-likeness (QED) is 0.340. The maximum atomic E-state index is 13.3. The number of fused-ring (bicyclic) bond motifs is 1. The van der Waals surface area contributed by atoms with Gasteiger partial charge in [-0.2, -0.15) is 0 Å². The maximum Gasteiger partial charge on any atom is 0.269 e. The molecule has 3 aromatic carbocycles. The van der Waals surface area contributed by atoms with Gasteiger partial charge in [0.05, 0.1) is 26.8 Å². The van der Waals surface area contributed by atoms with Crippen LogP contribution in [0.1, 0.15) is 31.1 Å². The Labute approximate surface area is 181 Å². The van der Waals surface area contributed by atoms with Gasteiger partial charge in [-0.3, -0.25) is 34.3 Å². The molecule has 0 aromatic heterocycles. The van der Waals surface area contributed by atoms with Gasteiger partial charge in [-0.05, 0) is 36.4 Å². The van der Waals surface area contributed by atoms with Crippen LogP contribution in [0.5, 0.6) is 0 Å². The summed E-state index contributed by atoms with van der Waals surface area (Å²) in [6, 6.07) is 18.0. The number of nitro benzene ring substituents is 1. The summed E-state index contributed by atoms with van der Waals surface area (Å²) in [6.07, 6.45) is 0. The van der Waals surface area contributed by atoms with Gasteiger partial charge in [0.25, 0.3) is 23.4 Å². The molecule has 0 unspecified atom stereocenters. The topological polar surface area (TPSA) is 101 Å². The van der Waals surface area contributed by atoms with Gasteiger partial charge in [0, 0.05) is 17.7 Å². The number of para-hydroxylation sites is 1. The number of nitro groups is 1. The Morgan fingerprint density at radius 2 is 1.45 bits per heavy atom. The van der Waals surface area contributed by atoms with Crippen LogP contribution in [0.4, 0.5) is 11.4 Å². The Morgan fingerprint density at radius 1 is 0.903 bits per heavy atom. The number of anilines is 1. The van der Waals surface area contributed by atoms with Crippen LogP contribution in [0.25, 0.3) is 0 Å². The highest BCUT2D eigenvalue weighted by molar-refractivity contribution is 6.34. The van der Waals surface area contributed by atoms with E-state index in [0.29, 0.717) is 5.69 Å². The van der Waals surface area contributed by atoms with Crippen molar-refractivity contribution in [3.05, 3.63) is 105 Å². The molecule has 4 rings (SSSR count). The minimum Gasteiger partial charge on any atom is -0.288 e. The average Bonchev–Trinajstić information content (AvgIpc) is 3.02. The normalized spacial score (nSPS) is 12.6. The monoisotopic (exact) mass is 435 g/mol. The van der Waals surface area contributed by atoms with Crippen LogP contribution in [-0.2, 0) is 0 Å². The van der Waals surface area contributed by atoms with Crippen LogP contribution in [0.15, 0.2) is 72.8 Å². The minimum atomic E-state index is -0.571. The molecule has 0 N–H and O–H groups in total. The zero-order chi connectivity index (χ0) is 22.1. The Balaban J connectivity index is 1.72. The van der Waals surface area contributed by atoms with Crippen LogP contribution >= 0.6 is 11.6 Å². The predicted octanol–water partition coefficient (Wildman–Crippen LogP) is 4.15. The molecule has 1 aliphatic heterocycles. The molecule has 31 heavy (non-hydrogen) atoms. The Hall–Kier alpha value is -4.04. The molecule has 0 bridgehead atoms. The van der Waals surface area contributed by atoms with Gasteiger partial charge in [-0.15, -0.1) is 0 Å². The van der Waals surface area contributed by atoms with Crippen LogP contribution in [0.3, 0.4) is 0 Å². The first-order chi connectivity index (χ1) is 14.9. The fraction of sp³-hybridized carbons (Fsp3) is 0.0455. The lowest BCUT2D eigenvalue weighted by atomic mass is 10.1. The average molecular weight is 436 g/mol. The zero-order valence-corrected chi connectivity index (χ0v) is 16.7. The zero-order valence-electron chi connectivity index (χ0n) is 15.9. The summed E-state index contributed by atoms with van der Waals surface area (Å²) in [6.45, 7) is -0.369. The first-order valence-electron chi connectivity index (χ1n) is 9.14. The number of carbonyl (C=O) groups is 3. The number of non-ortho nitro benzene ring substituents is 1. The van der Waals surface area contributed by atoms with Crippen LogP contribution in [0, 0.1) is 10.1 Å². The second-order valence-electron chi connectivity index (χ2n) is 6.71. The summed E-state index contributed by atoms with van der Waals surface area (Å²) in [5.41, 5.74) is 0.788. The molecule has 0 spiro atoms. The van der Waals surface area contributed by atoms with E-state index in [1.165, 1.54) is 29.2 Å². The summed E-state index contributed by atoms with van der Waals surface area (Å²) in [4.78, 5) is 51.4. The number of imide groups is 1. The van der Waals surface area contributed by atoms with Crippen molar-refractivity contribution >= 4 is 40.7 Å². The van der Waals surface area contributed by atoms with E-state index in [1.54, 1.807) is 48.5 Å². The van der Waals surface area contributed by atoms with Crippen LogP contribution in [0.2, 0.25) is 5.02 Å². The maximum absolute atomic E-state index is 13.3. The first-order valence-corrected chi connectivity index (χ1v) is 9.52. The van der Waals surface area contributed by atoms with E-state index in [9.17, 15) is 24.5 Å². The van der Waals surface area contributed by atoms with E-state index >= 15 is 0 Å². The highest BCUT2D eigenvalue weighted by atomic mass is 35.5. The highest BCUT2D eigenvalue weighted by Crippen LogP contribution is 2.30. The smallest absolute Gasteiger partial charge is 0.269 e. The number of amides is 3. The third-order valence-corrected chi connectivity index (χ3v) is 5.19. The summed E-state index contributed by atoms with van der Waals surface area (Å²) in [7, 11) is 0. The summed E-state index contributed by atoms with van der Waals surface area (Å²) in [5.74, 6) is -1.61. The van der Waals surface area contributed by atoms with E-state index in [1.807, 2.05) is 0 Å². The number of halogens is 1. The molecule has 9 heteroatoms. The third-order valence-electron chi connectivity index (χ3n) is 4.87. The van der Waals surface area contributed by atoms with Crippen molar-refractivity contribution in [1.29, 1.82) is 0 Å². The van der Waals surface area contributed by atoms with Crippen molar-refractivity contribution in [2.24, 2.45) is 0 Å². The predicted molar refractivity (Wildman–Crippen MR) is 113 cm³/mol. The van der Waals surface area contributed by atoms with Gasteiger partial charge in [-0.25, -0.2) is 0 Å². The van der Waals surface area contributed by atoms with Crippen molar-refractivity contribution in [2.75, 3.05) is 11.6 Å². The van der Waals surface area contributed by atoms with E-state index in [4.69, 9.17) is 11.6 Å². The molecule has 0 radical (unpaired) electrons. The number of hydrogen-bond donors (Lipinski definition) is 0. The Kier molecular flexibility index (Phi) is 5.22. The largest absolute Gasteiger partial charge is 0.288 e. The number of benzene rings is 3. The highest BCUT2D eigenvalue weighted by Gasteiger charge is 2.37. The molecule has 0 saturated heterocycles. The second kappa shape index (κ2) is 8.00. The van der Waals surface area contributed by atoms with Crippen molar-refractivity contribution in [2.45, 2.75) is 0 Å². The summed E-state index contributed by atoms with van der Waals surface area (Å²) < 4.78 is 0. The van der Waals surface area contributed by atoms with E-state index in [0.717, 1.165) is 4.90 Å². The van der Waals surface area contributed by atoms with Gasteiger partial charge in [-0.1, -0.05) is 35.9 Å². The molecule has 154 valence electrons. The molecule has 3 aromatic rings. The molecular weight excluding hydrogens is 422 g/mol. The number of carbonyl (C=O) groups excluding carboxylic acids is 3. The molecule has 0 fully saturated rings. The molecular formula is C22H14ClN3O5. The lowest BCUT2D eigenvalue weighted by molar-refractivity contribution is -0.384. The minimum absolute atomic E-state index is 0.141. The number of nitrogens with zero attached hydrogens (tertiary/aromatic N) is 3. The summed E-state index contributed by atoms with van der Waals surface area (Å²) >= 11 is 6.29. The van der Waals surface area contributed by atoms with Gasteiger partial charge in [0.1, 0.15) is 6.67 Å². The van der Waals surface area contributed by atoms with E-state index in [-0.39, 0.29) is 34.1 Å². The van der Waals surface area contributed by atoms with Gasteiger partial charge in [0.2, 0.25) is 0 Å². The molecule has 1 aliphatic rings. The lowest BCUT2D eigenvalue weighted by Crippen LogP contribution is -2.44. The van der Waals surface area contributed by atoms with E-state index in [2.05, 4.69) is 0 Å². The summed E-state index contributed by atoms with van der Waals surface area (Å²) in [5, 5.41) is 11.1. The van der Waals surface area contributed by atoms with Crippen molar-refractivity contribution in [1.82, 2.24) is 4.90 Å². The fourth-order valence-electron chi connectivity index (χ4n) is 3.31. The van der Waals surface area contributed by atoms with Crippen molar-refractivity contribution in [3.63, 3.8) is 0 Å². The molecule has 0 aliphatic carbocycles. The van der Waals surface area contributed by atoms with Crippen molar-refractivity contribution in [3.8, 4) is 0 Å². The molecule has 8 nitrogen and oxygen atoms in total. The van der Waals surface area contributed by atoms with E-state index < -0.39 is 22.6 Å². The molecule has 3 amide bonds. The second-order valence-corrected chi connectivity index (χ2v) is 7.12. The number of hydrogen-bond acceptors (Lipinski definition) is 5. The molecule has 0 saturated carbocycles. The van der Waals surface area contributed by atoms with Gasteiger partial charge in [0.15, 0.2) is 0 Å². The number of rotatable bonds is 5. The first kappa shape index (κ1) is 20.2. The van der Waals surface area contributed by atoms with Crippen LogP contribution < -0.4 is 4.90 Å². The SMILES string of the molecule is O=C1c2ccccc2C(=O)N1CN(C(=O)c1ccc([N+](=O)[O-])cc1)c1ccccc1Cl. The fourth-order valence-corrected chi connectivity index (χ4v) is 3.55. The molecule has 0 atom stereocenters. The van der Waals surface area contributed by atoms with Gasteiger partial charge < -0.3 is 0 Å².